The summed E-state index contributed by atoms with van der Waals surface area (Å²) in [6.45, 7) is 10.2. The molecule has 0 aliphatic heterocycles. The molecule has 0 radical (unpaired) electrons. The number of nitrogens with one attached hydrogen (secondary N) is 1. The quantitative estimate of drug-likeness (QED) is 0.446. The zero-order chi connectivity index (χ0) is 23.7. The van der Waals surface area contributed by atoms with Crippen LogP contribution in [0.15, 0.2) is 46.9 Å². The van der Waals surface area contributed by atoms with E-state index in [1.165, 1.54) is 5.56 Å². The van der Waals surface area contributed by atoms with Crippen LogP contribution in [0, 0.1) is 6.92 Å². The Hall–Kier alpha value is -2.34. The van der Waals surface area contributed by atoms with Gasteiger partial charge in [-0.05, 0) is 72.3 Å². The van der Waals surface area contributed by atoms with E-state index in [0.29, 0.717) is 18.7 Å². The van der Waals surface area contributed by atoms with Crippen molar-refractivity contribution >= 4 is 27.7 Å². The van der Waals surface area contributed by atoms with Gasteiger partial charge in [-0.15, -0.1) is 0 Å². The highest BCUT2D eigenvalue weighted by molar-refractivity contribution is 9.10. The molecular weight excluding hydrogens is 468 g/mol. The maximum Gasteiger partial charge on any atom is 0.261 e. The number of halogens is 1. The molecule has 1 N–H and O–H groups in total. The molecule has 0 fully saturated rings. The number of amides is 2. The summed E-state index contributed by atoms with van der Waals surface area (Å²) in [5, 5.41) is 3.03. The first kappa shape index (κ1) is 25.9. The summed E-state index contributed by atoms with van der Waals surface area (Å²) in [5.41, 5.74) is 3.31. The highest BCUT2D eigenvalue weighted by atomic mass is 79.9. The molecule has 5 nitrogen and oxygen atoms in total. The molecule has 0 aromatic heterocycles. The normalized spacial score (nSPS) is 12.7. The summed E-state index contributed by atoms with van der Waals surface area (Å²) in [7, 11) is 0. The van der Waals surface area contributed by atoms with E-state index in [1.807, 2.05) is 70.2 Å². The molecule has 0 spiro atoms. The van der Waals surface area contributed by atoms with Crippen LogP contribution in [0.2, 0.25) is 0 Å². The highest BCUT2D eigenvalue weighted by Gasteiger charge is 2.29. The number of benzene rings is 2. The zero-order valence-electron chi connectivity index (χ0n) is 19.8. The fourth-order valence-corrected chi connectivity index (χ4v) is 3.90. The predicted octanol–water partition coefficient (Wildman–Crippen LogP) is 5.42. The minimum absolute atomic E-state index is 0.0529. The molecular formula is C26H35BrN2O3. The molecule has 0 aliphatic carbocycles. The van der Waals surface area contributed by atoms with Gasteiger partial charge in [0.1, 0.15) is 11.8 Å². The smallest absolute Gasteiger partial charge is 0.261 e. The monoisotopic (exact) mass is 502 g/mol. The van der Waals surface area contributed by atoms with Crippen molar-refractivity contribution in [1.29, 1.82) is 0 Å². The van der Waals surface area contributed by atoms with E-state index in [2.05, 4.69) is 28.2 Å². The minimum Gasteiger partial charge on any atom is -0.483 e. The average molecular weight is 503 g/mol. The van der Waals surface area contributed by atoms with E-state index >= 15 is 0 Å². The number of aryl methyl sites for hydroxylation is 2. The van der Waals surface area contributed by atoms with Crippen LogP contribution < -0.4 is 10.1 Å². The van der Waals surface area contributed by atoms with Crippen LogP contribution in [-0.2, 0) is 22.6 Å². The van der Waals surface area contributed by atoms with Gasteiger partial charge in [-0.1, -0.05) is 56.7 Å². The molecule has 6 heteroatoms. The largest absolute Gasteiger partial charge is 0.483 e. The lowest BCUT2D eigenvalue weighted by atomic mass is 10.1. The Kier molecular flexibility index (Phi) is 10.2. The van der Waals surface area contributed by atoms with E-state index in [-0.39, 0.29) is 24.5 Å². The molecule has 0 heterocycles. The van der Waals surface area contributed by atoms with Crippen molar-refractivity contribution in [2.75, 3.05) is 6.61 Å². The third-order valence-electron chi connectivity index (χ3n) is 5.62. The van der Waals surface area contributed by atoms with E-state index in [4.69, 9.17) is 4.74 Å². The van der Waals surface area contributed by atoms with E-state index < -0.39 is 6.04 Å². The third-order valence-corrected chi connectivity index (χ3v) is 6.24. The van der Waals surface area contributed by atoms with Crippen molar-refractivity contribution in [3.8, 4) is 5.75 Å². The van der Waals surface area contributed by atoms with Crippen molar-refractivity contribution in [3.05, 3.63) is 63.6 Å². The fourth-order valence-electron chi connectivity index (χ4n) is 3.35. The lowest BCUT2D eigenvalue weighted by Crippen LogP contribution is -2.51. The summed E-state index contributed by atoms with van der Waals surface area (Å²) < 4.78 is 6.66. The Morgan fingerprint density at radius 1 is 1.03 bits per heavy atom. The standard InChI is InChI=1S/C26H35BrN2O3/c1-6-19(5)28-26(31)23(8-3)29(16-21-11-9-18(4)10-12-21)25(30)17-32-24-14-13-20(7-2)15-22(24)27/h9-15,19,23H,6-8,16-17H2,1-5H3,(H,28,31). The number of rotatable bonds is 11. The topological polar surface area (TPSA) is 58.6 Å². The Bertz CT molecular complexity index is 898. The van der Waals surface area contributed by atoms with E-state index in [1.54, 1.807) is 4.90 Å². The van der Waals surface area contributed by atoms with Crippen molar-refractivity contribution in [3.63, 3.8) is 0 Å². The first-order valence-corrected chi connectivity index (χ1v) is 12.1. The van der Waals surface area contributed by atoms with Crippen molar-refractivity contribution in [1.82, 2.24) is 10.2 Å². The van der Waals surface area contributed by atoms with Gasteiger partial charge in [0.2, 0.25) is 5.91 Å². The Labute approximate surface area is 200 Å². The zero-order valence-corrected chi connectivity index (χ0v) is 21.4. The Balaban J connectivity index is 2.22. The van der Waals surface area contributed by atoms with Gasteiger partial charge in [-0.3, -0.25) is 9.59 Å². The molecule has 2 amide bonds. The highest BCUT2D eigenvalue weighted by Crippen LogP contribution is 2.26. The van der Waals surface area contributed by atoms with Crippen LogP contribution in [-0.4, -0.2) is 35.4 Å². The minimum atomic E-state index is -0.563. The number of ether oxygens (including phenoxy) is 1. The SMILES string of the molecule is CCc1ccc(OCC(=O)N(Cc2ccc(C)cc2)C(CC)C(=O)NC(C)CC)c(Br)c1. The van der Waals surface area contributed by atoms with Gasteiger partial charge in [0.25, 0.3) is 5.91 Å². The molecule has 32 heavy (non-hydrogen) atoms. The summed E-state index contributed by atoms with van der Waals surface area (Å²) in [6.07, 6.45) is 2.28. The second-order valence-electron chi connectivity index (χ2n) is 8.16. The van der Waals surface area contributed by atoms with Gasteiger partial charge in [0, 0.05) is 12.6 Å². The van der Waals surface area contributed by atoms with Gasteiger partial charge in [-0.25, -0.2) is 0 Å². The van der Waals surface area contributed by atoms with Crippen LogP contribution in [0.5, 0.6) is 5.75 Å². The van der Waals surface area contributed by atoms with Gasteiger partial charge < -0.3 is 15.0 Å². The molecule has 2 unspecified atom stereocenters. The van der Waals surface area contributed by atoms with Gasteiger partial charge >= 0.3 is 0 Å². The third kappa shape index (κ3) is 7.37. The molecule has 2 atom stereocenters. The van der Waals surface area contributed by atoms with Crippen LogP contribution in [0.4, 0.5) is 0 Å². The lowest BCUT2D eigenvalue weighted by Gasteiger charge is -2.31. The van der Waals surface area contributed by atoms with Crippen LogP contribution in [0.3, 0.4) is 0 Å². The second-order valence-corrected chi connectivity index (χ2v) is 9.01. The maximum absolute atomic E-state index is 13.3. The molecule has 0 bridgehead atoms. The van der Waals surface area contributed by atoms with Crippen LogP contribution in [0.1, 0.15) is 57.2 Å². The molecule has 0 saturated carbocycles. The number of carbonyl (C=O) groups is 2. The summed E-state index contributed by atoms with van der Waals surface area (Å²) >= 11 is 3.52. The molecule has 0 saturated heterocycles. The second kappa shape index (κ2) is 12.6. The summed E-state index contributed by atoms with van der Waals surface area (Å²) in [6, 6.07) is 13.4. The van der Waals surface area contributed by atoms with Crippen LogP contribution >= 0.6 is 15.9 Å². The first-order chi connectivity index (χ1) is 15.3. The van der Waals surface area contributed by atoms with Crippen molar-refractivity contribution < 1.29 is 14.3 Å². The average Bonchev–Trinajstić information content (AvgIpc) is 2.78. The number of nitrogens with zero attached hydrogens (tertiary/aromatic N) is 1. The molecule has 0 aliphatic rings. The molecule has 2 rings (SSSR count). The number of hydrogen-bond donors (Lipinski definition) is 1. The first-order valence-electron chi connectivity index (χ1n) is 11.4. The summed E-state index contributed by atoms with van der Waals surface area (Å²) in [5.74, 6) is 0.266. The number of hydrogen-bond acceptors (Lipinski definition) is 3. The Morgan fingerprint density at radius 3 is 2.25 bits per heavy atom. The molecule has 2 aromatic rings. The predicted molar refractivity (Wildman–Crippen MR) is 133 cm³/mol. The maximum atomic E-state index is 13.3. The van der Waals surface area contributed by atoms with Gasteiger partial charge in [0.15, 0.2) is 6.61 Å². The van der Waals surface area contributed by atoms with E-state index in [0.717, 1.165) is 28.4 Å². The van der Waals surface area contributed by atoms with Gasteiger partial charge in [0.05, 0.1) is 4.47 Å². The van der Waals surface area contributed by atoms with Crippen molar-refractivity contribution in [2.45, 2.75) is 72.5 Å². The molecule has 174 valence electrons. The Morgan fingerprint density at radius 2 is 1.69 bits per heavy atom. The lowest BCUT2D eigenvalue weighted by molar-refractivity contribution is -0.143. The summed E-state index contributed by atoms with van der Waals surface area (Å²) in [4.78, 5) is 27.9. The fraction of sp³-hybridized carbons (Fsp3) is 0.462. The number of carbonyl (C=O) groups excluding carboxylic acids is 2. The van der Waals surface area contributed by atoms with Crippen molar-refractivity contribution in [2.24, 2.45) is 0 Å². The molecule has 2 aromatic carbocycles. The van der Waals surface area contributed by atoms with E-state index in [9.17, 15) is 9.59 Å². The van der Waals surface area contributed by atoms with Crippen LogP contribution in [0.25, 0.3) is 0 Å². The van der Waals surface area contributed by atoms with Gasteiger partial charge in [-0.2, -0.15) is 0 Å².